The lowest BCUT2D eigenvalue weighted by molar-refractivity contribution is 0.244. The van der Waals surface area contributed by atoms with Gasteiger partial charge in [-0.2, -0.15) is 0 Å². The van der Waals surface area contributed by atoms with Crippen LogP contribution in [0.15, 0.2) is 18.2 Å². The molecule has 4 rings (SSSR count). The van der Waals surface area contributed by atoms with Crippen LogP contribution in [-0.4, -0.2) is 24.5 Å². The summed E-state index contributed by atoms with van der Waals surface area (Å²) in [6.45, 7) is 4.95. The minimum absolute atomic E-state index is 1.00. The lowest BCUT2D eigenvalue weighted by Gasteiger charge is -2.23. The van der Waals surface area contributed by atoms with Crippen LogP contribution in [0.3, 0.4) is 0 Å². The number of anilines is 1. The molecule has 0 amide bonds. The Kier molecular flexibility index (Phi) is 2.99. The first kappa shape index (κ1) is 11.8. The van der Waals surface area contributed by atoms with E-state index in [4.69, 9.17) is 0 Å². The first-order chi connectivity index (χ1) is 9.38. The molecule has 3 aliphatic rings. The highest BCUT2D eigenvalue weighted by Gasteiger charge is 2.29. The van der Waals surface area contributed by atoms with Crippen molar-refractivity contribution >= 4 is 5.69 Å². The largest absolute Gasteiger partial charge is 0.384 e. The average molecular weight is 256 g/mol. The predicted molar refractivity (Wildman–Crippen MR) is 79.4 cm³/mol. The van der Waals surface area contributed by atoms with E-state index in [1.807, 2.05) is 0 Å². The summed E-state index contributed by atoms with van der Waals surface area (Å²) in [5.74, 6) is 2.01. The molecule has 1 aliphatic heterocycles. The molecule has 1 aromatic rings. The summed E-state index contributed by atoms with van der Waals surface area (Å²) in [4.78, 5) is 2.73. The standard InChI is InChI=1S/C17H24N2/c1-2-15-8-9-18-17(15)16(3-1)12-19(10-13-4-5-13)11-14-6-7-14/h1-3,13-14,18H,4-12H2. The maximum absolute atomic E-state index is 3.59. The molecule has 0 aromatic heterocycles. The summed E-state index contributed by atoms with van der Waals surface area (Å²) in [5, 5.41) is 3.59. The van der Waals surface area contributed by atoms with Gasteiger partial charge in [0.1, 0.15) is 0 Å². The second-order valence-corrected chi connectivity index (χ2v) is 6.71. The Balaban J connectivity index is 1.48. The first-order valence-corrected chi connectivity index (χ1v) is 7.95. The number of nitrogens with one attached hydrogen (secondary N) is 1. The molecule has 102 valence electrons. The molecular formula is C17H24N2. The SMILES string of the molecule is c1cc2c(c(CN(CC3CC3)CC3CC3)c1)NCC2. The van der Waals surface area contributed by atoms with E-state index in [2.05, 4.69) is 28.4 Å². The smallest absolute Gasteiger partial charge is 0.0419 e. The van der Waals surface area contributed by atoms with Crippen molar-refractivity contribution in [2.24, 2.45) is 11.8 Å². The lowest BCUT2D eigenvalue weighted by atomic mass is 10.1. The van der Waals surface area contributed by atoms with Gasteiger partial charge in [-0.3, -0.25) is 4.90 Å². The Morgan fingerprint density at radius 3 is 2.47 bits per heavy atom. The zero-order valence-electron chi connectivity index (χ0n) is 11.7. The number of benzene rings is 1. The highest BCUT2D eigenvalue weighted by atomic mass is 15.1. The van der Waals surface area contributed by atoms with Gasteiger partial charge >= 0.3 is 0 Å². The topological polar surface area (TPSA) is 15.3 Å². The van der Waals surface area contributed by atoms with Crippen molar-refractivity contribution in [3.05, 3.63) is 29.3 Å². The monoisotopic (exact) mass is 256 g/mol. The Labute approximate surface area is 116 Å². The highest BCUT2D eigenvalue weighted by molar-refractivity contribution is 5.61. The Hall–Kier alpha value is -1.02. The third-order valence-corrected chi connectivity index (χ3v) is 4.75. The second-order valence-electron chi connectivity index (χ2n) is 6.71. The Bertz CT molecular complexity index is 446. The molecule has 0 saturated heterocycles. The number of hydrogen-bond acceptors (Lipinski definition) is 2. The van der Waals surface area contributed by atoms with Crippen LogP contribution >= 0.6 is 0 Å². The van der Waals surface area contributed by atoms with E-state index < -0.39 is 0 Å². The summed E-state index contributed by atoms with van der Waals surface area (Å²) in [5.41, 5.74) is 4.49. The number of nitrogens with zero attached hydrogens (tertiary/aromatic N) is 1. The number of fused-ring (bicyclic) bond motifs is 1. The molecule has 0 bridgehead atoms. The van der Waals surface area contributed by atoms with Crippen LogP contribution < -0.4 is 5.32 Å². The molecule has 1 heterocycles. The molecule has 1 N–H and O–H groups in total. The van der Waals surface area contributed by atoms with Gasteiger partial charge in [0.15, 0.2) is 0 Å². The van der Waals surface area contributed by atoms with E-state index in [-0.39, 0.29) is 0 Å². The van der Waals surface area contributed by atoms with Crippen LogP contribution in [0.5, 0.6) is 0 Å². The van der Waals surface area contributed by atoms with Gasteiger partial charge in [0.2, 0.25) is 0 Å². The van der Waals surface area contributed by atoms with Gasteiger partial charge in [0.25, 0.3) is 0 Å². The summed E-state index contributed by atoms with van der Waals surface area (Å²) >= 11 is 0. The molecule has 0 radical (unpaired) electrons. The van der Waals surface area contributed by atoms with E-state index in [0.717, 1.165) is 24.9 Å². The van der Waals surface area contributed by atoms with Crippen LogP contribution in [0, 0.1) is 11.8 Å². The summed E-state index contributed by atoms with van der Waals surface area (Å²) in [6, 6.07) is 6.85. The van der Waals surface area contributed by atoms with Gasteiger partial charge < -0.3 is 5.32 Å². The number of para-hydroxylation sites is 1. The van der Waals surface area contributed by atoms with Crippen molar-refractivity contribution in [2.45, 2.75) is 38.6 Å². The van der Waals surface area contributed by atoms with E-state index in [9.17, 15) is 0 Å². The van der Waals surface area contributed by atoms with Crippen molar-refractivity contribution in [3.8, 4) is 0 Å². The molecule has 2 heteroatoms. The van der Waals surface area contributed by atoms with Gasteiger partial charge in [0.05, 0.1) is 0 Å². The fourth-order valence-electron chi connectivity index (χ4n) is 3.32. The van der Waals surface area contributed by atoms with Crippen LogP contribution in [0.4, 0.5) is 5.69 Å². The fraction of sp³-hybridized carbons (Fsp3) is 0.647. The second kappa shape index (κ2) is 4.82. The predicted octanol–water partition coefficient (Wildman–Crippen LogP) is 3.28. The quantitative estimate of drug-likeness (QED) is 0.840. The summed E-state index contributed by atoms with van der Waals surface area (Å²) in [7, 11) is 0. The molecule has 2 fully saturated rings. The zero-order chi connectivity index (χ0) is 12.7. The van der Waals surface area contributed by atoms with Gasteiger partial charge in [-0.25, -0.2) is 0 Å². The van der Waals surface area contributed by atoms with Gasteiger partial charge in [-0.15, -0.1) is 0 Å². The highest BCUT2D eigenvalue weighted by Crippen LogP contribution is 2.35. The average Bonchev–Trinajstić information content (AvgIpc) is 3.32. The van der Waals surface area contributed by atoms with Gasteiger partial charge in [-0.1, -0.05) is 18.2 Å². The number of hydrogen-bond donors (Lipinski definition) is 1. The Morgan fingerprint density at radius 2 is 1.79 bits per heavy atom. The van der Waals surface area contributed by atoms with E-state index in [0.29, 0.717) is 0 Å². The normalized spacial score (nSPS) is 21.5. The lowest BCUT2D eigenvalue weighted by Crippen LogP contribution is -2.28. The molecule has 2 aliphatic carbocycles. The molecule has 19 heavy (non-hydrogen) atoms. The minimum atomic E-state index is 1.00. The molecule has 0 unspecified atom stereocenters. The molecule has 2 nitrogen and oxygen atoms in total. The maximum Gasteiger partial charge on any atom is 0.0419 e. The number of rotatable bonds is 6. The molecule has 0 atom stereocenters. The van der Waals surface area contributed by atoms with Crippen molar-refractivity contribution in [2.75, 3.05) is 25.0 Å². The third kappa shape index (κ3) is 2.79. The van der Waals surface area contributed by atoms with Crippen LogP contribution in [0.2, 0.25) is 0 Å². The molecule has 1 aromatic carbocycles. The van der Waals surface area contributed by atoms with Crippen molar-refractivity contribution in [1.29, 1.82) is 0 Å². The zero-order valence-corrected chi connectivity index (χ0v) is 11.7. The Morgan fingerprint density at radius 1 is 1.05 bits per heavy atom. The summed E-state index contributed by atoms with van der Waals surface area (Å²) in [6.07, 6.45) is 7.06. The van der Waals surface area contributed by atoms with E-state index in [1.54, 1.807) is 0 Å². The van der Waals surface area contributed by atoms with Crippen molar-refractivity contribution in [1.82, 2.24) is 4.90 Å². The van der Waals surface area contributed by atoms with Crippen LogP contribution in [-0.2, 0) is 13.0 Å². The first-order valence-electron chi connectivity index (χ1n) is 7.95. The molecule has 2 saturated carbocycles. The van der Waals surface area contributed by atoms with Crippen LogP contribution in [0.1, 0.15) is 36.8 Å². The van der Waals surface area contributed by atoms with Gasteiger partial charge in [0, 0.05) is 31.9 Å². The van der Waals surface area contributed by atoms with Gasteiger partial charge in [-0.05, 0) is 55.1 Å². The van der Waals surface area contributed by atoms with E-state index >= 15 is 0 Å². The molecule has 0 spiro atoms. The minimum Gasteiger partial charge on any atom is -0.384 e. The molecular weight excluding hydrogens is 232 g/mol. The summed E-state index contributed by atoms with van der Waals surface area (Å²) < 4.78 is 0. The maximum atomic E-state index is 3.59. The van der Waals surface area contributed by atoms with E-state index in [1.165, 1.54) is 62.0 Å². The third-order valence-electron chi connectivity index (χ3n) is 4.75. The van der Waals surface area contributed by atoms with Crippen molar-refractivity contribution in [3.63, 3.8) is 0 Å². The van der Waals surface area contributed by atoms with Crippen LogP contribution in [0.25, 0.3) is 0 Å². The fourth-order valence-corrected chi connectivity index (χ4v) is 3.32. The van der Waals surface area contributed by atoms with Crippen molar-refractivity contribution < 1.29 is 0 Å².